The van der Waals surface area contributed by atoms with Crippen molar-refractivity contribution in [2.45, 2.75) is 50.5 Å². The molecule has 0 bridgehead atoms. The van der Waals surface area contributed by atoms with Gasteiger partial charge in [0.05, 0.1) is 0 Å². The van der Waals surface area contributed by atoms with Crippen LogP contribution in [0.3, 0.4) is 0 Å². The molecule has 0 saturated heterocycles. The average Bonchev–Trinajstić information content (AvgIpc) is 2.50. The Hall–Kier alpha value is 1.12. The number of hydrogen-bond acceptors (Lipinski definition) is 1. The minimum atomic E-state index is 0. The minimum absolute atomic E-state index is 0. The molecule has 0 fully saturated rings. The van der Waals surface area contributed by atoms with Crippen LogP contribution in [0.4, 0.5) is 0 Å². The SMILES string of the molecule is CCC(SC(C)(C)C)C1=[C-]CC=C1.Cl.Cl.[Ti]. The largest absolute Gasteiger partial charge is 0.268 e. The molecule has 0 nitrogen and oxygen atoms in total. The summed E-state index contributed by atoms with van der Waals surface area (Å²) < 4.78 is 0.353. The van der Waals surface area contributed by atoms with Crippen LogP contribution >= 0.6 is 36.6 Å². The molecule has 4 heteroatoms. The number of thioether (sulfide) groups is 1. The van der Waals surface area contributed by atoms with E-state index in [1.807, 2.05) is 11.8 Å². The second-order valence-electron chi connectivity index (χ2n) is 4.37. The fraction of sp³-hybridized carbons (Fsp3) is 0.667. The molecule has 0 radical (unpaired) electrons. The molecule has 1 atom stereocenters. The van der Waals surface area contributed by atoms with E-state index < -0.39 is 0 Å². The first-order valence-electron chi connectivity index (χ1n) is 4.98. The summed E-state index contributed by atoms with van der Waals surface area (Å²) in [5.41, 5.74) is 1.41. The van der Waals surface area contributed by atoms with E-state index in [0.29, 0.717) is 10.00 Å². The smallest absolute Gasteiger partial charge is 0.00801 e. The molecule has 0 saturated carbocycles. The maximum absolute atomic E-state index is 3.41. The molecule has 0 amide bonds. The maximum atomic E-state index is 3.41. The van der Waals surface area contributed by atoms with Crippen molar-refractivity contribution >= 4 is 36.6 Å². The Labute approximate surface area is 132 Å². The molecule has 1 aliphatic carbocycles. The van der Waals surface area contributed by atoms with Crippen LogP contribution < -0.4 is 0 Å². The molecular formula is C12H21Cl2STi-. The molecule has 0 aromatic rings. The van der Waals surface area contributed by atoms with E-state index in [1.165, 1.54) is 12.0 Å². The van der Waals surface area contributed by atoms with Crippen molar-refractivity contribution in [2.24, 2.45) is 0 Å². The van der Waals surface area contributed by atoms with E-state index in [0.717, 1.165) is 6.42 Å². The maximum Gasteiger partial charge on any atom is 0.00801 e. The minimum Gasteiger partial charge on any atom is -0.268 e. The Kier molecular flexibility index (Phi) is 14.1. The van der Waals surface area contributed by atoms with Crippen LogP contribution in [-0.4, -0.2) is 10.00 Å². The van der Waals surface area contributed by atoms with Gasteiger partial charge in [-0.3, -0.25) is 6.08 Å². The third-order valence-electron chi connectivity index (χ3n) is 1.93. The van der Waals surface area contributed by atoms with Crippen molar-refractivity contribution in [1.29, 1.82) is 0 Å². The Balaban J connectivity index is -0.000000563. The summed E-state index contributed by atoms with van der Waals surface area (Å²) in [5.74, 6) is 0. The molecule has 0 N–H and O–H groups in total. The number of hydrogen-bond donors (Lipinski definition) is 0. The third kappa shape index (κ3) is 8.25. The topological polar surface area (TPSA) is 0 Å². The Bertz CT molecular complexity index is 232. The average molecular weight is 316 g/mol. The molecule has 0 spiro atoms. The van der Waals surface area contributed by atoms with Gasteiger partial charge in [-0.15, -0.1) is 31.2 Å². The van der Waals surface area contributed by atoms with Gasteiger partial charge in [-0.1, -0.05) is 27.7 Å². The van der Waals surface area contributed by atoms with Crippen LogP contribution in [0.25, 0.3) is 0 Å². The predicted molar refractivity (Wildman–Crippen MR) is 76.4 cm³/mol. The van der Waals surface area contributed by atoms with E-state index in [1.54, 1.807) is 0 Å². The number of allylic oxidation sites excluding steroid dienone is 3. The molecule has 1 rings (SSSR count). The zero-order valence-electron chi connectivity index (χ0n) is 10.4. The normalized spacial score (nSPS) is 15.4. The van der Waals surface area contributed by atoms with E-state index in [4.69, 9.17) is 0 Å². The van der Waals surface area contributed by atoms with Crippen LogP contribution in [-0.2, 0) is 21.7 Å². The Morgan fingerprint density at radius 3 is 2.25 bits per heavy atom. The van der Waals surface area contributed by atoms with E-state index in [-0.39, 0.29) is 46.5 Å². The molecule has 94 valence electrons. The van der Waals surface area contributed by atoms with Gasteiger partial charge in [0, 0.05) is 26.5 Å². The first kappa shape index (κ1) is 22.3. The van der Waals surface area contributed by atoms with E-state index in [9.17, 15) is 0 Å². The summed E-state index contributed by atoms with van der Waals surface area (Å²) in [6.45, 7) is 9.09. The van der Waals surface area contributed by atoms with Crippen LogP contribution in [0.2, 0.25) is 0 Å². The van der Waals surface area contributed by atoms with Crippen molar-refractivity contribution in [3.05, 3.63) is 23.8 Å². The van der Waals surface area contributed by atoms with Crippen LogP contribution in [0.5, 0.6) is 0 Å². The standard InChI is InChI=1S/C12H19S.2ClH.Ti/c1-5-11(13-12(2,3)4)10-8-6-7-9-10;;;/h6,8,11H,5,7H2,1-4H3;2*1H;/q-1;;;. The molecule has 0 aromatic heterocycles. The van der Waals surface area contributed by atoms with Gasteiger partial charge in [0.25, 0.3) is 0 Å². The molecule has 0 heterocycles. The van der Waals surface area contributed by atoms with Gasteiger partial charge in [-0.25, -0.2) is 11.6 Å². The quantitative estimate of drug-likeness (QED) is 0.531. The summed E-state index contributed by atoms with van der Waals surface area (Å²) in [7, 11) is 0. The van der Waals surface area contributed by atoms with Gasteiger partial charge in [-0.2, -0.15) is 17.8 Å². The van der Waals surface area contributed by atoms with Crippen molar-refractivity contribution in [1.82, 2.24) is 0 Å². The van der Waals surface area contributed by atoms with Crippen LogP contribution in [0, 0.1) is 6.08 Å². The second-order valence-corrected chi connectivity index (χ2v) is 6.40. The molecule has 0 aromatic carbocycles. The van der Waals surface area contributed by atoms with Crippen molar-refractivity contribution < 1.29 is 21.7 Å². The molecule has 1 unspecified atom stereocenters. The molecular weight excluding hydrogens is 295 g/mol. The summed E-state index contributed by atoms with van der Waals surface area (Å²) >= 11 is 2.05. The summed E-state index contributed by atoms with van der Waals surface area (Å²) in [6.07, 6.45) is 10.1. The third-order valence-corrected chi connectivity index (χ3v) is 3.51. The first-order valence-corrected chi connectivity index (χ1v) is 5.86. The van der Waals surface area contributed by atoms with Crippen LogP contribution in [0.1, 0.15) is 40.5 Å². The van der Waals surface area contributed by atoms with Gasteiger partial charge in [0.15, 0.2) is 0 Å². The summed E-state index contributed by atoms with van der Waals surface area (Å²) in [4.78, 5) is 0. The molecule has 16 heavy (non-hydrogen) atoms. The van der Waals surface area contributed by atoms with Gasteiger partial charge in [0.2, 0.25) is 0 Å². The van der Waals surface area contributed by atoms with E-state index in [2.05, 4.69) is 45.9 Å². The number of halogens is 2. The van der Waals surface area contributed by atoms with Crippen molar-refractivity contribution in [2.75, 3.05) is 0 Å². The predicted octanol–water partition coefficient (Wildman–Crippen LogP) is 4.83. The summed E-state index contributed by atoms with van der Waals surface area (Å²) in [5, 5.41) is 0.638. The number of rotatable bonds is 3. The fourth-order valence-corrected chi connectivity index (χ4v) is 2.75. The first-order chi connectivity index (χ1) is 6.03. The zero-order chi connectivity index (χ0) is 9.90. The van der Waals surface area contributed by atoms with Gasteiger partial charge in [-0.05, 0) is 11.7 Å². The molecule has 1 aliphatic rings. The van der Waals surface area contributed by atoms with Crippen molar-refractivity contribution in [3.63, 3.8) is 0 Å². The van der Waals surface area contributed by atoms with Gasteiger partial charge in [0.1, 0.15) is 0 Å². The Morgan fingerprint density at radius 1 is 1.38 bits per heavy atom. The second kappa shape index (κ2) is 10.1. The van der Waals surface area contributed by atoms with E-state index >= 15 is 0 Å². The zero-order valence-corrected chi connectivity index (χ0v) is 14.4. The van der Waals surface area contributed by atoms with Crippen LogP contribution in [0.15, 0.2) is 17.7 Å². The van der Waals surface area contributed by atoms with Gasteiger partial charge >= 0.3 is 0 Å². The van der Waals surface area contributed by atoms with Crippen molar-refractivity contribution in [3.8, 4) is 0 Å². The summed E-state index contributed by atoms with van der Waals surface area (Å²) in [6, 6.07) is 0. The van der Waals surface area contributed by atoms with Gasteiger partial charge < -0.3 is 0 Å². The fourth-order valence-electron chi connectivity index (χ4n) is 1.44. The molecule has 0 aliphatic heterocycles. The monoisotopic (exact) mass is 315 g/mol. The Morgan fingerprint density at radius 2 is 1.94 bits per heavy atom.